The summed E-state index contributed by atoms with van der Waals surface area (Å²) >= 11 is 0. The van der Waals surface area contributed by atoms with Crippen LogP contribution in [0.5, 0.6) is 0 Å². The third-order valence-electron chi connectivity index (χ3n) is 5.49. The molecular formula is C23H23FN4O4S. The van der Waals surface area contributed by atoms with E-state index in [1.165, 1.54) is 22.5 Å². The van der Waals surface area contributed by atoms with E-state index in [1.807, 2.05) is 0 Å². The summed E-state index contributed by atoms with van der Waals surface area (Å²) in [4.78, 5) is 16.6. The van der Waals surface area contributed by atoms with Gasteiger partial charge in [-0.15, -0.1) is 0 Å². The number of benzene rings is 1. The Morgan fingerprint density at radius 3 is 2.58 bits per heavy atom. The van der Waals surface area contributed by atoms with Crippen LogP contribution in [0, 0.1) is 18.7 Å². The molecule has 33 heavy (non-hydrogen) atoms. The molecule has 1 N–H and O–H groups in total. The number of pyridine rings is 1. The Kier molecular flexibility index (Phi) is 6.66. The van der Waals surface area contributed by atoms with Gasteiger partial charge in [0.15, 0.2) is 10.7 Å². The van der Waals surface area contributed by atoms with Gasteiger partial charge in [-0.2, -0.15) is 4.31 Å². The van der Waals surface area contributed by atoms with Gasteiger partial charge in [0.25, 0.3) is 0 Å². The van der Waals surface area contributed by atoms with E-state index in [0.29, 0.717) is 24.2 Å². The number of rotatable bonds is 6. The summed E-state index contributed by atoms with van der Waals surface area (Å²) in [6, 6.07) is 11.4. The van der Waals surface area contributed by atoms with E-state index in [9.17, 15) is 17.6 Å². The van der Waals surface area contributed by atoms with Crippen LogP contribution in [0.2, 0.25) is 0 Å². The maximum absolute atomic E-state index is 13.9. The molecule has 0 saturated carbocycles. The summed E-state index contributed by atoms with van der Waals surface area (Å²) in [6.45, 7) is 1.91. The third-order valence-corrected chi connectivity index (χ3v) is 7.55. The summed E-state index contributed by atoms with van der Waals surface area (Å²) < 4.78 is 47.1. The predicted molar refractivity (Wildman–Crippen MR) is 121 cm³/mol. The molecule has 1 aliphatic rings. The van der Waals surface area contributed by atoms with Crippen molar-refractivity contribution in [1.82, 2.24) is 14.4 Å². The van der Waals surface area contributed by atoms with Gasteiger partial charge in [-0.25, -0.2) is 17.8 Å². The van der Waals surface area contributed by atoms with E-state index in [-0.39, 0.29) is 41.3 Å². The van der Waals surface area contributed by atoms with Crippen LogP contribution in [0.4, 0.5) is 10.2 Å². The average Bonchev–Trinajstić information content (AvgIpc) is 3.20. The molecule has 2 aromatic heterocycles. The molecule has 0 spiro atoms. The van der Waals surface area contributed by atoms with Crippen molar-refractivity contribution in [1.29, 1.82) is 0 Å². The number of aromatic nitrogens is 2. The van der Waals surface area contributed by atoms with Crippen molar-refractivity contribution in [2.75, 3.05) is 18.4 Å². The van der Waals surface area contributed by atoms with Crippen LogP contribution < -0.4 is 5.32 Å². The van der Waals surface area contributed by atoms with Crippen molar-refractivity contribution >= 4 is 33.9 Å². The molecule has 0 bridgehead atoms. The first-order valence-electron chi connectivity index (χ1n) is 10.5. The SMILES string of the molecule is Cc1noc(C=Cc2ccccc2F)c1S(=O)(=O)N1CCC(C(=O)Nc2ccccn2)CC1. The Morgan fingerprint density at radius 1 is 1.15 bits per heavy atom. The normalized spacial score (nSPS) is 15.7. The van der Waals surface area contributed by atoms with Crippen LogP contribution >= 0.6 is 0 Å². The maximum Gasteiger partial charge on any atom is 0.248 e. The van der Waals surface area contributed by atoms with Gasteiger partial charge in [0.2, 0.25) is 15.9 Å². The molecule has 0 unspecified atom stereocenters. The summed E-state index contributed by atoms with van der Waals surface area (Å²) in [6.07, 6.45) is 5.19. The topological polar surface area (TPSA) is 105 Å². The molecule has 0 radical (unpaired) electrons. The Balaban J connectivity index is 1.47. The lowest BCUT2D eigenvalue weighted by molar-refractivity contribution is -0.120. The highest BCUT2D eigenvalue weighted by atomic mass is 32.2. The number of aryl methyl sites for hydroxylation is 1. The van der Waals surface area contributed by atoms with Crippen LogP contribution in [0.25, 0.3) is 12.2 Å². The lowest BCUT2D eigenvalue weighted by Crippen LogP contribution is -2.41. The minimum Gasteiger partial charge on any atom is -0.355 e. The monoisotopic (exact) mass is 470 g/mol. The highest BCUT2D eigenvalue weighted by molar-refractivity contribution is 7.89. The van der Waals surface area contributed by atoms with Gasteiger partial charge in [-0.05, 0) is 50.1 Å². The predicted octanol–water partition coefficient (Wildman–Crippen LogP) is 3.73. The first-order chi connectivity index (χ1) is 15.9. The van der Waals surface area contributed by atoms with Gasteiger partial charge in [-0.3, -0.25) is 4.79 Å². The second-order valence-corrected chi connectivity index (χ2v) is 9.57. The number of hydrogen-bond acceptors (Lipinski definition) is 6. The minimum absolute atomic E-state index is 0.0331. The maximum atomic E-state index is 13.9. The Morgan fingerprint density at radius 2 is 1.88 bits per heavy atom. The molecule has 3 aromatic rings. The van der Waals surface area contributed by atoms with Crippen molar-refractivity contribution in [2.24, 2.45) is 5.92 Å². The molecule has 1 aliphatic heterocycles. The molecule has 0 aliphatic carbocycles. The minimum atomic E-state index is -3.91. The summed E-state index contributed by atoms with van der Waals surface area (Å²) in [7, 11) is -3.91. The standard InChI is InChI=1S/C23H23FN4O4S/c1-16-22(20(32-27-16)10-9-17-6-2-3-7-19(17)24)33(30,31)28-14-11-18(12-15-28)23(29)26-21-8-4-5-13-25-21/h2-10,13,18H,11-12,14-15H2,1H3,(H,25,26,29). The quantitative estimate of drug-likeness (QED) is 0.589. The van der Waals surface area contributed by atoms with E-state index >= 15 is 0 Å². The number of carbonyl (C=O) groups excluding carboxylic acids is 1. The molecule has 1 saturated heterocycles. The molecule has 172 valence electrons. The molecule has 3 heterocycles. The second-order valence-electron chi connectivity index (χ2n) is 7.70. The van der Waals surface area contributed by atoms with Crippen LogP contribution in [-0.4, -0.2) is 41.9 Å². The van der Waals surface area contributed by atoms with E-state index in [4.69, 9.17) is 4.52 Å². The lowest BCUT2D eigenvalue weighted by Gasteiger charge is -2.30. The van der Waals surface area contributed by atoms with Crippen LogP contribution in [-0.2, 0) is 14.8 Å². The average molecular weight is 471 g/mol. The molecule has 1 amide bonds. The van der Waals surface area contributed by atoms with E-state index in [1.54, 1.807) is 49.5 Å². The summed E-state index contributed by atoms with van der Waals surface area (Å²) in [5.41, 5.74) is 0.521. The van der Waals surface area contributed by atoms with Gasteiger partial charge in [-0.1, -0.05) is 29.4 Å². The molecule has 8 nitrogen and oxygen atoms in total. The lowest BCUT2D eigenvalue weighted by atomic mass is 9.97. The Labute approximate surface area is 191 Å². The van der Waals surface area contributed by atoms with Crippen molar-refractivity contribution in [2.45, 2.75) is 24.7 Å². The number of piperidine rings is 1. The summed E-state index contributed by atoms with van der Waals surface area (Å²) in [5, 5.41) is 6.57. The Hall–Kier alpha value is -3.37. The van der Waals surface area contributed by atoms with Gasteiger partial charge in [0.05, 0.1) is 0 Å². The fraction of sp³-hybridized carbons (Fsp3) is 0.261. The number of halogens is 1. The van der Waals surface area contributed by atoms with Gasteiger partial charge >= 0.3 is 0 Å². The number of hydrogen-bond donors (Lipinski definition) is 1. The largest absolute Gasteiger partial charge is 0.355 e. The van der Waals surface area contributed by atoms with Crippen molar-refractivity contribution in [3.63, 3.8) is 0 Å². The van der Waals surface area contributed by atoms with E-state index in [2.05, 4.69) is 15.5 Å². The Bertz CT molecular complexity index is 1270. The van der Waals surface area contributed by atoms with E-state index < -0.39 is 15.8 Å². The van der Waals surface area contributed by atoms with Crippen molar-refractivity contribution < 1.29 is 22.1 Å². The number of amides is 1. The van der Waals surface area contributed by atoms with Crippen LogP contribution in [0.15, 0.2) is 58.1 Å². The smallest absolute Gasteiger partial charge is 0.248 e. The summed E-state index contributed by atoms with van der Waals surface area (Å²) in [5.74, 6) is -0.432. The van der Waals surface area contributed by atoms with Gasteiger partial charge in [0, 0.05) is 30.8 Å². The highest BCUT2D eigenvalue weighted by Crippen LogP contribution is 2.29. The fourth-order valence-corrected chi connectivity index (χ4v) is 5.45. The zero-order valence-electron chi connectivity index (χ0n) is 17.9. The van der Waals surface area contributed by atoms with Gasteiger partial charge in [0.1, 0.15) is 17.3 Å². The zero-order chi connectivity index (χ0) is 23.4. The number of anilines is 1. The van der Waals surface area contributed by atoms with Gasteiger partial charge < -0.3 is 9.84 Å². The highest BCUT2D eigenvalue weighted by Gasteiger charge is 2.36. The number of sulfonamides is 1. The zero-order valence-corrected chi connectivity index (χ0v) is 18.8. The number of nitrogens with zero attached hydrogens (tertiary/aromatic N) is 3. The van der Waals surface area contributed by atoms with Crippen molar-refractivity contribution in [3.8, 4) is 0 Å². The number of carbonyl (C=O) groups is 1. The van der Waals surface area contributed by atoms with Crippen LogP contribution in [0.1, 0.15) is 29.9 Å². The van der Waals surface area contributed by atoms with Crippen LogP contribution in [0.3, 0.4) is 0 Å². The number of nitrogens with one attached hydrogen (secondary N) is 1. The first-order valence-corrected chi connectivity index (χ1v) is 11.9. The van der Waals surface area contributed by atoms with E-state index in [0.717, 1.165) is 0 Å². The fourth-order valence-electron chi connectivity index (χ4n) is 3.73. The first kappa shape index (κ1) is 22.8. The molecule has 4 rings (SSSR count). The molecule has 1 fully saturated rings. The van der Waals surface area contributed by atoms with Crippen molar-refractivity contribution in [3.05, 3.63) is 71.5 Å². The molecule has 0 atom stereocenters. The molecule has 10 heteroatoms. The second kappa shape index (κ2) is 9.63. The molecular weight excluding hydrogens is 447 g/mol. The molecule has 1 aromatic carbocycles. The third kappa shape index (κ3) is 5.01.